The van der Waals surface area contributed by atoms with Gasteiger partial charge in [0.1, 0.15) is 17.7 Å². The third-order valence-electron chi connectivity index (χ3n) is 5.89. The van der Waals surface area contributed by atoms with E-state index in [1.807, 2.05) is 0 Å². The first-order valence-electron chi connectivity index (χ1n) is 10.8. The largest absolute Gasteiger partial charge is 0.395 e. The topological polar surface area (TPSA) is 113 Å². The number of nitriles is 1. The summed E-state index contributed by atoms with van der Waals surface area (Å²) in [5, 5.41) is 13.3. The van der Waals surface area contributed by atoms with E-state index in [-0.39, 0.29) is 35.3 Å². The molecule has 1 aliphatic carbocycles. The van der Waals surface area contributed by atoms with Crippen LogP contribution in [0.3, 0.4) is 0 Å². The van der Waals surface area contributed by atoms with Gasteiger partial charge in [-0.15, -0.1) is 11.8 Å². The van der Waals surface area contributed by atoms with Crippen molar-refractivity contribution in [3.63, 3.8) is 0 Å². The maximum atomic E-state index is 13.0. The Morgan fingerprint density at radius 2 is 1.71 bits per heavy atom. The van der Waals surface area contributed by atoms with Gasteiger partial charge in [-0.05, 0) is 61.5 Å². The smallest absolute Gasteiger partial charge is 0.249 e. The Balaban J connectivity index is 0.000000214. The summed E-state index contributed by atoms with van der Waals surface area (Å²) in [6, 6.07) is 9.73. The molecule has 35 heavy (non-hydrogen) atoms. The Morgan fingerprint density at radius 3 is 2.26 bits per heavy atom. The molecular formula is C23H26F4N4O2S2. The van der Waals surface area contributed by atoms with Crippen LogP contribution in [0.15, 0.2) is 46.2 Å². The molecule has 0 radical (unpaired) electrons. The third-order valence-corrected chi connectivity index (χ3v) is 7.88. The van der Waals surface area contributed by atoms with Gasteiger partial charge in [0.05, 0.1) is 16.1 Å². The van der Waals surface area contributed by atoms with Gasteiger partial charge in [-0.25, -0.2) is 31.1 Å². The highest BCUT2D eigenvalue weighted by atomic mass is 32.2. The molecule has 12 heteroatoms. The number of unbranched alkanes of at least 4 members (excludes halogenated alkanes) is 1. The van der Waals surface area contributed by atoms with Crippen LogP contribution in [0.5, 0.6) is 0 Å². The predicted octanol–water partition coefficient (Wildman–Crippen LogP) is 4.36. The van der Waals surface area contributed by atoms with Crippen molar-refractivity contribution in [1.29, 1.82) is 5.26 Å². The molecule has 1 spiro atoms. The zero-order valence-corrected chi connectivity index (χ0v) is 20.4. The van der Waals surface area contributed by atoms with E-state index in [1.165, 1.54) is 12.1 Å². The van der Waals surface area contributed by atoms with Crippen molar-refractivity contribution >= 4 is 27.5 Å². The van der Waals surface area contributed by atoms with Gasteiger partial charge in [0, 0.05) is 36.2 Å². The maximum Gasteiger partial charge on any atom is 0.249 e. The summed E-state index contributed by atoms with van der Waals surface area (Å²) in [6.45, 7) is 2.72. The highest BCUT2D eigenvalue weighted by molar-refractivity contribution is 7.99. The molecule has 190 valence electrons. The number of alkyl halides is 2. The second-order valence-corrected chi connectivity index (χ2v) is 11.7. The van der Waals surface area contributed by atoms with Gasteiger partial charge in [0.2, 0.25) is 15.9 Å². The van der Waals surface area contributed by atoms with Gasteiger partial charge < -0.3 is 10.6 Å². The van der Waals surface area contributed by atoms with Crippen molar-refractivity contribution < 1.29 is 26.0 Å². The first kappa shape index (κ1) is 27.3. The Kier molecular flexibility index (Phi) is 8.36. The first-order valence-corrected chi connectivity index (χ1v) is 13.4. The van der Waals surface area contributed by atoms with Gasteiger partial charge in [-0.3, -0.25) is 0 Å². The van der Waals surface area contributed by atoms with Crippen LogP contribution in [0.4, 0.5) is 23.2 Å². The maximum absolute atomic E-state index is 13.0. The molecule has 2 aliphatic rings. The minimum absolute atomic E-state index is 0.0492. The number of hydrogen-bond acceptors (Lipinski definition) is 6. The number of thioether (sulfide) groups is 1. The van der Waals surface area contributed by atoms with Crippen LogP contribution in [0.2, 0.25) is 0 Å². The summed E-state index contributed by atoms with van der Waals surface area (Å²) in [6.07, 6.45) is 2.39. The van der Waals surface area contributed by atoms with E-state index >= 15 is 0 Å². The number of benzene rings is 2. The van der Waals surface area contributed by atoms with Gasteiger partial charge in [0.25, 0.3) is 0 Å². The molecule has 0 aromatic heterocycles. The van der Waals surface area contributed by atoms with Crippen molar-refractivity contribution in [2.75, 3.05) is 31.1 Å². The molecule has 4 rings (SSSR count). The van der Waals surface area contributed by atoms with Crippen molar-refractivity contribution in [1.82, 2.24) is 4.90 Å². The summed E-state index contributed by atoms with van der Waals surface area (Å²) >= 11 is 1.74. The summed E-state index contributed by atoms with van der Waals surface area (Å²) < 4.78 is 73.1. The SMILES string of the molecule is Fc1ccc(SCCCCN2CC3(C2)CC(F)(F)C3)cc1.N#Cc1cc(S(N)(=O)=O)cc(F)c1N. The standard InChI is InChI=1S/C16H20F3NS.C7H6FN3O2S/c17-13-3-5-14(6-4-13)21-8-2-1-7-20-11-15(12-20)9-16(18,19)10-15;8-6-2-5(14(11,12)13)1-4(3-9)7(6)10/h3-6H,1-2,7-12H2;1-2H,10H2,(H2,11,12,13). The lowest BCUT2D eigenvalue weighted by molar-refractivity contribution is -0.213. The average Bonchev–Trinajstić information content (AvgIpc) is 2.73. The molecular weight excluding hydrogens is 504 g/mol. The zero-order valence-electron chi connectivity index (χ0n) is 18.8. The Bertz CT molecular complexity index is 1190. The van der Waals surface area contributed by atoms with Gasteiger partial charge in [0.15, 0.2) is 0 Å². The number of nitrogens with zero attached hydrogens (tertiary/aromatic N) is 2. The van der Waals surface area contributed by atoms with Crippen molar-refractivity contribution in [2.24, 2.45) is 10.6 Å². The lowest BCUT2D eigenvalue weighted by Crippen LogP contribution is -2.65. The number of likely N-dealkylation sites (tertiary alicyclic amines) is 1. The fraction of sp³-hybridized carbons (Fsp3) is 0.435. The second kappa shape index (κ2) is 10.7. The van der Waals surface area contributed by atoms with Gasteiger partial charge >= 0.3 is 0 Å². The monoisotopic (exact) mass is 530 g/mol. The van der Waals surface area contributed by atoms with E-state index in [0.717, 1.165) is 49.2 Å². The second-order valence-electron chi connectivity index (χ2n) is 8.95. The molecule has 4 N–H and O–H groups in total. The normalized spacial score (nSPS) is 18.1. The van der Waals surface area contributed by atoms with E-state index in [1.54, 1.807) is 30.0 Å². The van der Waals surface area contributed by atoms with Crippen LogP contribution in [-0.2, 0) is 10.0 Å². The summed E-state index contributed by atoms with van der Waals surface area (Å²) in [5.74, 6) is -2.55. The van der Waals surface area contributed by atoms with Crippen LogP contribution in [0, 0.1) is 28.4 Å². The Labute approximate surface area is 206 Å². The number of anilines is 1. The van der Waals surface area contributed by atoms with Gasteiger partial charge in [-0.2, -0.15) is 5.26 Å². The Morgan fingerprint density at radius 1 is 1.09 bits per heavy atom. The molecule has 1 saturated heterocycles. The highest BCUT2D eigenvalue weighted by Gasteiger charge is 2.61. The summed E-state index contributed by atoms with van der Waals surface area (Å²) in [7, 11) is -4.02. The molecule has 2 fully saturated rings. The molecule has 1 saturated carbocycles. The van der Waals surface area contributed by atoms with Crippen LogP contribution < -0.4 is 10.9 Å². The number of primary sulfonamides is 1. The molecule has 0 unspecified atom stereocenters. The zero-order chi connectivity index (χ0) is 25.9. The third kappa shape index (κ3) is 7.33. The average molecular weight is 531 g/mol. The number of hydrogen-bond donors (Lipinski definition) is 2. The molecule has 0 bridgehead atoms. The number of halogens is 4. The number of nitrogens with two attached hydrogens (primary N) is 2. The lowest BCUT2D eigenvalue weighted by Gasteiger charge is -2.58. The summed E-state index contributed by atoms with van der Waals surface area (Å²) in [4.78, 5) is 2.91. The molecule has 2 aromatic rings. The van der Waals surface area contributed by atoms with Crippen LogP contribution >= 0.6 is 11.8 Å². The minimum Gasteiger partial charge on any atom is -0.395 e. The van der Waals surface area contributed by atoms with E-state index in [2.05, 4.69) is 4.90 Å². The predicted molar refractivity (Wildman–Crippen MR) is 126 cm³/mol. The fourth-order valence-electron chi connectivity index (χ4n) is 4.34. The number of nitrogen functional groups attached to an aromatic ring is 1. The molecule has 6 nitrogen and oxygen atoms in total. The van der Waals surface area contributed by atoms with Crippen LogP contribution in [-0.4, -0.2) is 44.6 Å². The Hall–Kier alpha value is -2.33. The lowest BCUT2D eigenvalue weighted by atomic mass is 9.61. The van der Waals surface area contributed by atoms with Crippen molar-refractivity contribution in [3.8, 4) is 6.07 Å². The van der Waals surface area contributed by atoms with E-state index in [4.69, 9.17) is 16.1 Å². The van der Waals surface area contributed by atoms with E-state index < -0.39 is 26.7 Å². The van der Waals surface area contributed by atoms with Gasteiger partial charge in [-0.1, -0.05) is 0 Å². The molecule has 0 amide bonds. The van der Waals surface area contributed by atoms with E-state index in [9.17, 15) is 26.0 Å². The number of rotatable bonds is 7. The van der Waals surface area contributed by atoms with E-state index in [0.29, 0.717) is 6.07 Å². The molecule has 0 atom stereocenters. The fourth-order valence-corrected chi connectivity index (χ4v) is 5.80. The van der Waals surface area contributed by atoms with Crippen LogP contribution in [0.1, 0.15) is 31.2 Å². The quantitative estimate of drug-likeness (QED) is 0.238. The molecule has 1 heterocycles. The minimum atomic E-state index is -4.02. The van der Waals surface area contributed by atoms with Crippen LogP contribution in [0.25, 0.3) is 0 Å². The molecule has 2 aromatic carbocycles. The van der Waals surface area contributed by atoms with Crippen molar-refractivity contribution in [3.05, 3.63) is 53.6 Å². The highest BCUT2D eigenvalue weighted by Crippen LogP contribution is 2.56. The first-order chi connectivity index (χ1) is 16.3. The molecule has 1 aliphatic heterocycles. The summed E-state index contributed by atoms with van der Waals surface area (Å²) in [5.41, 5.74) is 4.48. The number of sulfonamides is 1. The van der Waals surface area contributed by atoms with Crippen molar-refractivity contribution in [2.45, 2.75) is 41.4 Å².